The average Bonchev–Trinajstić information content (AvgIpc) is 2.98. The molecule has 3 rings (SSSR count). The van der Waals surface area contributed by atoms with Gasteiger partial charge in [-0.25, -0.2) is 0 Å². The third kappa shape index (κ3) is 5.81. The minimum atomic E-state index is -0.518. The molecule has 1 heterocycles. The molecule has 1 aliphatic heterocycles. The number of thiocarbonyl (C=S) groups is 1. The van der Waals surface area contributed by atoms with Gasteiger partial charge in [0.25, 0.3) is 11.6 Å². The molecular weight excluding hydrogens is 462 g/mol. The smallest absolute Gasteiger partial charge is 0.269 e. The normalized spacial score (nSPS) is 14.9. The first-order valence-electron chi connectivity index (χ1n) is 9.03. The van der Waals surface area contributed by atoms with Crippen molar-refractivity contribution in [3.63, 3.8) is 0 Å². The lowest BCUT2D eigenvalue weighted by Gasteiger charge is -2.14. The van der Waals surface area contributed by atoms with E-state index in [1.807, 2.05) is 0 Å². The van der Waals surface area contributed by atoms with Gasteiger partial charge in [0.15, 0.2) is 0 Å². The number of nitrogens with zero attached hydrogens (tertiary/aromatic N) is 2. The molecule has 2 amide bonds. The van der Waals surface area contributed by atoms with Crippen LogP contribution in [0.4, 0.5) is 11.4 Å². The van der Waals surface area contributed by atoms with Crippen molar-refractivity contribution >= 4 is 69.2 Å². The van der Waals surface area contributed by atoms with Crippen LogP contribution in [0.5, 0.6) is 5.75 Å². The van der Waals surface area contributed by atoms with Crippen LogP contribution in [0.3, 0.4) is 0 Å². The summed E-state index contributed by atoms with van der Waals surface area (Å²) in [6, 6.07) is 10.0. The zero-order valence-electron chi connectivity index (χ0n) is 15.9. The molecule has 0 bridgehead atoms. The zero-order chi connectivity index (χ0) is 22.5. The average molecular weight is 478 g/mol. The quantitative estimate of drug-likeness (QED) is 0.260. The molecular formula is C20H16ClN3O5S2. The minimum Gasteiger partial charge on any atom is -0.507 e. The predicted molar refractivity (Wildman–Crippen MR) is 124 cm³/mol. The van der Waals surface area contributed by atoms with Crippen LogP contribution in [0.25, 0.3) is 6.08 Å². The van der Waals surface area contributed by atoms with Gasteiger partial charge >= 0.3 is 0 Å². The number of halogens is 1. The first-order chi connectivity index (χ1) is 14.7. The maximum Gasteiger partial charge on any atom is 0.269 e. The molecule has 0 unspecified atom stereocenters. The highest BCUT2D eigenvalue weighted by Gasteiger charge is 2.31. The molecule has 1 fully saturated rings. The number of thioether (sulfide) groups is 1. The third-order valence-electron chi connectivity index (χ3n) is 4.30. The first kappa shape index (κ1) is 22.7. The highest BCUT2D eigenvalue weighted by Crippen LogP contribution is 2.34. The second-order valence-corrected chi connectivity index (χ2v) is 8.60. The number of aromatic hydroxyl groups is 1. The van der Waals surface area contributed by atoms with Crippen molar-refractivity contribution in [1.29, 1.82) is 0 Å². The minimum absolute atomic E-state index is 0.00224. The van der Waals surface area contributed by atoms with Crippen LogP contribution in [0, 0.1) is 10.1 Å². The van der Waals surface area contributed by atoms with Gasteiger partial charge < -0.3 is 10.4 Å². The summed E-state index contributed by atoms with van der Waals surface area (Å²) in [7, 11) is 0. The number of nitro benzene ring substituents is 1. The van der Waals surface area contributed by atoms with Crippen molar-refractivity contribution in [2.24, 2.45) is 0 Å². The highest BCUT2D eigenvalue weighted by atomic mass is 35.5. The largest absolute Gasteiger partial charge is 0.507 e. The Bertz CT molecular complexity index is 1090. The van der Waals surface area contributed by atoms with Gasteiger partial charge in [0, 0.05) is 41.4 Å². The highest BCUT2D eigenvalue weighted by molar-refractivity contribution is 8.26. The molecule has 0 aromatic heterocycles. The fourth-order valence-corrected chi connectivity index (χ4v) is 4.24. The molecule has 2 N–H and O–H groups in total. The molecule has 31 heavy (non-hydrogen) atoms. The molecule has 0 spiro atoms. The van der Waals surface area contributed by atoms with Crippen molar-refractivity contribution in [3.05, 3.63) is 68.1 Å². The Morgan fingerprint density at radius 1 is 1.29 bits per heavy atom. The summed E-state index contributed by atoms with van der Waals surface area (Å²) >= 11 is 12.3. The van der Waals surface area contributed by atoms with E-state index < -0.39 is 4.92 Å². The summed E-state index contributed by atoms with van der Waals surface area (Å²) in [6.45, 7) is 0.261. The van der Waals surface area contributed by atoms with Crippen LogP contribution in [-0.4, -0.2) is 37.6 Å². The Morgan fingerprint density at radius 3 is 2.68 bits per heavy atom. The van der Waals surface area contributed by atoms with E-state index in [4.69, 9.17) is 23.8 Å². The molecule has 11 heteroatoms. The molecule has 2 aromatic rings. The zero-order valence-corrected chi connectivity index (χ0v) is 18.3. The number of rotatable bonds is 7. The van der Waals surface area contributed by atoms with E-state index >= 15 is 0 Å². The monoisotopic (exact) mass is 477 g/mol. The molecule has 160 valence electrons. The summed E-state index contributed by atoms with van der Waals surface area (Å²) in [5.74, 6) is -0.582. The van der Waals surface area contributed by atoms with Gasteiger partial charge in [-0.2, -0.15) is 0 Å². The Hall–Kier alpha value is -2.95. The number of phenols is 1. The molecule has 0 aliphatic carbocycles. The number of nitro groups is 1. The SMILES string of the molecule is O=C(CCCN1C(=O)/C(=C/c2cc(Cl)ccc2O)SC1=S)Nc1ccc([N+](=O)[O-])cc1. The fraction of sp³-hybridized carbons (Fsp3) is 0.150. The Balaban J connectivity index is 1.54. The van der Waals surface area contributed by atoms with E-state index in [9.17, 15) is 24.8 Å². The van der Waals surface area contributed by atoms with Crippen LogP contribution in [-0.2, 0) is 9.59 Å². The molecule has 2 aromatic carbocycles. The first-order valence-corrected chi connectivity index (χ1v) is 10.6. The number of hydrogen-bond donors (Lipinski definition) is 2. The van der Waals surface area contributed by atoms with Gasteiger partial charge in [0.05, 0.1) is 9.83 Å². The van der Waals surface area contributed by atoms with Crippen molar-refractivity contribution in [3.8, 4) is 5.75 Å². The van der Waals surface area contributed by atoms with Crippen molar-refractivity contribution in [1.82, 2.24) is 4.90 Å². The number of benzene rings is 2. The van der Waals surface area contributed by atoms with E-state index in [0.717, 1.165) is 11.8 Å². The Morgan fingerprint density at radius 2 is 2.00 bits per heavy atom. The maximum absolute atomic E-state index is 12.6. The maximum atomic E-state index is 12.6. The lowest BCUT2D eigenvalue weighted by atomic mass is 10.2. The summed E-state index contributed by atoms with van der Waals surface area (Å²) < 4.78 is 0.369. The van der Waals surface area contributed by atoms with Gasteiger partial charge in [-0.05, 0) is 42.8 Å². The molecule has 1 saturated heterocycles. The number of carbonyl (C=O) groups is 2. The van der Waals surface area contributed by atoms with Crippen LogP contribution in [0.1, 0.15) is 18.4 Å². The third-order valence-corrected chi connectivity index (χ3v) is 5.91. The van der Waals surface area contributed by atoms with Crippen molar-refractivity contribution < 1.29 is 19.6 Å². The summed E-state index contributed by atoms with van der Waals surface area (Å²) in [6.07, 6.45) is 2.05. The van der Waals surface area contributed by atoms with Gasteiger partial charge in [-0.15, -0.1) is 0 Å². The fourth-order valence-electron chi connectivity index (χ4n) is 2.76. The molecule has 0 radical (unpaired) electrons. The lowest BCUT2D eigenvalue weighted by Crippen LogP contribution is -2.29. The van der Waals surface area contributed by atoms with Crippen LogP contribution < -0.4 is 5.32 Å². The molecule has 0 atom stereocenters. The van der Waals surface area contributed by atoms with Crippen LogP contribution >= 0.6 is 35.6 Å². The predicted octanol–water partition coefficient (Wildman–Crippen LogP) is 4.57. The lowest BCUT2D eigenvalue weighted by molar-refractivity contribution is -0.384. The Kier molecular flexibility index (Phi) is 7.26. The molecule has 0 saturated carbocycles. The van der Waals surface area contributed by atoms with Crippen LogP contribution in [0.2, 0.25) is 5.02 Å². The van der Waals surface area contributed by atoms with Gasteiger partial charge in [-0.3, -0.25) is 24.6 Å². The van der Waals surface area contributed by atoms with Gasteiger partial charge in [0.2, 0.25) is 5.91 Å². The van der Waals surface area contributed by atoms with Crippen molar-refractivity contribution in [2.45, 2.75) is 12.8 Å². The second-order valence-electron chi connectivity index (χ2n) is 6.49. The molecule has 8 nitrogen and oxygen atoms in total. The van der Waals surface area contributed by atoms with Gasteiger partial charge in [0.1, 0.15) is 10.1 Å². The summed E-state index contributed by atoms with van der Waals surface area (Å²) in [5.41, 5.74) is 0.799. The van der Waals surface area contributed by atoms with E-state index in [0.29, 0.717) is 31.9 Å². The number of anilines is 1. The van der Waals surface area contributed by atoms with Crippen LogP contribution in [0.15, 0.2) is 47.4 Å². The standard InChI is InChI=1S/C20H16ClN3O5S2/c21-13-3-8-16(25)12(10-13)11-17-19(27)23(20(30)31-17)9-1-2-18(26)22-14-4-6-15(7-5-14)24(28)29/h3-8,10-11,25H,1-2,9H2,(H,22,26)/b17-11-. The second kappa shape index (κ2) is 9.90. The van der Waals surface area contributed by atoms with Crippen molar-refractivity contribution in [2.75, 3.05) is 11.9 Å². The number of carbonyl (C=O) groups excluding carboxylic acids is 2. The topological polar surface area (TPSA) is 113 Å². The number of non-ortho nitro benzene ring substituents is 1. The van der Waals surface area contributed by atoms with E-state index in [2.05, 4.69) is 5.32 Å². The molecule has 1 aliphatic rings. The number of phenolic OH excluding ortho intramolecular Hbond substituents is 1. The van der Waals surface area contributed by atoms with E-state index in [1.165, 1.54) is 41.3 Å². The number of nitrogens with one attached hydrogen (secondary N) is 1. The summed E-state index contributed by atoms with van der Waals surface area (Å²) in [4.78, 5) is 36.7. The summed E-state index contributed by atoms with van der Waals surface area (Å²) in [5, 5.41) is 23.7. The van der Waals surface area contributed by atoms with E-state index in [1.54, 1.807) is 12.1 Å². The Labute approximate surface area is 192 Å². The number of amides is 2. The van der Waals surface area contributed by atoms with E-state index in [-0.39, 0.29) is 36.2 Å². The number of hydrogen-bond acceptors (Lipinski definition) is 7. The van der Waals surface area contributed by atoms with Gasteiger partial charge in [-0.1, -0.05) is 35.6 Å².